The van der Waals surface area contributed by atoms with Crippen molar-refractivity contribution in [1.29, 1.82) is 0 Å². The Morgan fingerprint density at radius 3 is 2.73 bits per heavy atom. The van der Waals surface area contributed by atoms with E-state index in [0.717, 1.165) is 25.7 Å². The number of benzene rings is 2. The van der Waals surface area contributed by atoms with Crippen molar-refractivity contribution in [3.8, 4) is 5.75 Å². The number of nitrogens with one attached hydrogen (secondary N) is 1. The van der Waals surface area contributed by atoms with Gasteiger partial charge in [0, 0.05) is 36.2 Å². The van der Waals surface area contributed by atoms with Gasteiger partial charge in [0.05, 0.1) is 6.61 Å². The summed E-state index contributed by atoms with van der Waals surface area (Å²) in [6, 6.07) is 12.2. The zero-order valence-electron chi connectivity index (χ0n) is 17.2. The summed E-state index contributed by atoms with van der Waals surface area (Å²) in [4.78, 5) is 26.8. The molecule has 1 aliphatic heterocycles. The van der Waals surface area contributed by atoms with E-state index in [1.165, 1.54) is 6.07 Å². The van der Waals surface area contributed by atoms with Crippen LogP contribution in [0.15, 0.2) is 42.5 Å². The molecule has 2 aromatic rings. The Morgan fingerprint density at radius 1 is 1.13 bits per heavy atom. The Kier molecular flexibility index (Phi) is 6.02. The summed E-state index contributed by atoms with van der Waals surface area (Å²) in [6.45, 7) is 3.40. The first-order valence-corrected chi connectivity index (χ1v) is 10.6. The van der Waals surface area contributed by atoms with Gasteiger partial charge in [-0.25, -0.2) is 4.39 Å². The van der Waals surface area contributed by atoms with Gasteiger partial charge < -0.3 is 15.0 Å². The maximum absolute atomic E-state index is 13.8. The predicted octanol–water partition coefficient (Wildman–Crippen LogP) is 3.96. The normalized spacial score (nSPS) is 18.7. The van der Waals surface area contributed by atoms with E-state index >= 15 is 0 Å². The molecule has 158 valence electrons. The second-order valence-electron chi connectivity index (χ2n) is 8.31. The zero-order valence-corrected chi connectivity index (χ0v) is 17.2. The molecule has 2 aromatic carbocycles. The number of halogens is 1. The first-order valence-electron chi connectivity index (χ1n) is 10.6. The van der Waals surface area contributed by atoms with E-state index in [1.54, 1.807) is 36.1 Å². The van der Waals surface area contributed by atoms with E-state index < -0.39 is 0 Å². The summed E-state index contributed by atoms with van der Waals surface area (Å²) < 4.78 is 19.8. The van der Waals surface area contributed by atoms with Crippen LogP contribution in [0, 0.1) is 18.7 Å². The number of ether oxygens (including phenoxy) is 1. The second-order valence-corrected chi connectivity index (χ2v) is 8.31. The third-order valence-electron chi connectivity index (χ3n) is 5.72. The minimum absolute atomic E-state index is 0.0669. The molecule has 0 radical (unpaired) electrons. The van der Waals surface area contributed by atoms with Crippen LogP contribution in [-0.2, 0) is 0 Å². The molecule has 2 aliphatic rings. The average molecular weight is 410 g/mol. The number of piperidine rings is 1. The van der Waals surface area contributed by atoms with Gasteiger partial charge in [-0.05, 0) is 68.5 Å². The fraction of sp³-hybridized carbons (Fsp3) is 0.417. The van der Waals surface area contributed by atoms with E-state index in [1.807, 2.05) is 12.1 Å². The maximum Gasteiger partial charge on any atom is 0.253 e. The van der Waals surface area contributed by atoms with Gasteiger partial charge in [0.2, 0.25) is 0 Å². The van der Waals surface area contributed by atoms with Crippen molar-refractivity contribution in [3.05, 3.63) is 65.0 Å². The van der Waals surface area contributed by atoms with Gasteiger partial charge in [-0.2, -0.15) is 0 Å². The van der Waals surface area contributed by atoms with Crippen molar-refractivity contribution in [3.63, 3.8) is 0 Å². The van der Waals surface area contributed by atoms with Gasteiger partial charge in [0.1, 0.15) is 11.6 Å². The second kappa shape index (κ2) is 8.86. The quantitative estimate of drug-likeness (QED) is 0.784. The lowest BCUT2D eigenvalue weighted by Gasteiger charge is -2.32. The molecule has 1 atom stereocenters. The summed E-state index contributed by atoms with van der Waals surface area (Å²) in [7, 11) is 0. The molecule has 4 rings (SSSR count). The average Bonchev–Trinajstić information content (AvgIpc) is 3.58. The van der Waals surface area contributed by atoms with Crippen LogP contribution in [-0.4, -0.2) is 42.5 Å². The lowest BCUT2D eigenvalue weighted by Crippen LogP contribution is -2.41. The first kappa shape index (κ1) is 20.4. The third kappa shape index (κ3) is 4.99. The van der Waals surface area contributed by atoms with Crippen LogP contribution in [0.3, 0.4) is 0 Å². The Balaban J connectivity index is 1.33. The highest BCUT2D eigenvalue weighted by molar-refractivity contribution is 5.95. The highest BCUT2D eigenvalue weighted by Gasteiger charge is 2.26. The molecule has 1 N–H and O–H groups in total. The molecule has 0 aromatic heterocycles. The van der Waals surface area contributed by atoms with Crippen molar-refractivity contribution in [2.75, 3.05) is 19.7 Å². The zero-order chi connectivity index (χ0) is 21.1. The van der Waals surface area contributed by atoms with Gasteiger partial charge in [-0.1, -0.05) is 12.1 Å². The number of hydrogen-bond acceptors (Lipinski definition) is 3. The number of likely N-dealkylation sites (tertiary alicyclic amines) is 1. The molecule has 6 heteroatoms. The minimum atomic E-state index is -0.358. The molecular weight excluding hydrogens is 383 g/mol. The summed E-state index contributed by atoms with van der Waals surface area (Å²) in [6.07, 6.45) is 3.95. The van der Waals surface area contributed by atoms with Crippen LogP contribution in [0.25, 0.3) is 0 Å². The fourth-order valence-electron chi connectivity index (χ4n) is 3.73. The number of carbonyl (C=O) groups excluding carboxylic acids is 2. The summed E-state index contributed by atoms with van der Waals surface area (Å²) in [5.41, 5.74) is 1.51. The molecule has 1 saturated carbocycles. The minimum Gasteiger partial charge on any atom is -0.493 e. The fourth-order valence-corrected chi connectivity index (χ4v) is 3.73. The molecule has 2 amide bonds. The summed E-state index contributed by atoms with van der Waals surface area (Å²) in [5, 5.41) is 2.98. The number of nitrogens with zero attached hydrogens (tertiary/aromatic N) is 1. The number of hydrogen-bond donors (Lipinski definition) is 1. The van der Waals surface area contributed by atoms with E-state index in [2.05, 4.69) is 5.32 Å². The van der Waals surface area contributed by atoms with Crippen LogP contribution in [0.4, 0.5) is 4.39 Å². The van der Waals surface area contributed by atoms with Crippen molar-refractivity contribution in [2.45, 2.75) is 38.6 Å². The van der Waals surface area contributed by atoms with Gasteiger partial charge in [0.15, 0.2) is 0 Å². The summed E-state index contributed by atoms with van der Waals surface area (Å²) >= 11 is 0. The molecule has 1 aliphatic carbocycles. The number of aryl methyl sites for hydroxylation is 1. The number of rotatable bonds is 6. The van der Waals surface area contributed by atoms with Crippen LogP contribution >= 0.6 is 0 Å². The van der Waals surface area contributed by atoms with Crippen molar-refractivity contribution in [1.82, 2.24) is 10.2 Å². The highest BCUT2D eigenvalue weighted by Crippen LogP contribution is 2.23. The van der Waals surface area contributed by atoms with E-state index in [4.69, 9.17) is 4.74 Å². The topological polar surface area (TPSA) is 58.6 Å². The maximum atomic E-state index is 13.8. The largest absolute Gasteiger partial charge is 0.493 e. The Morgan fingerprint density at radius 2 is 1.97 bits per heavy atom. The van der Waals surface area contributed by atoms with Crippen LogP contribution in [0.5, 0.6) is 5.75 Å². The summed E-state index contributed by atoms with van der Waals surface area (Å²) in [5.74, 6) is 0.285. The molecule has 1 saturated heterocycles. The molecule has 1 unspecified atom stereocenters. The van der Waals surface area contributed by atoms with E-state index in [-0.39, 0.29) is 23.5 Å². The Labute approximate surface area is 176 Å². The highest BCUT2D eigenvalue weighted by atomic mass is 19.1. The monoisotopic (exact) mass is 410 g/mol. The SMILES string of the molecule is Cc1ccc(C(=O)N2CCCC(COc3cccc(C(=O)NC4CC4)c3)C2)cc1F. The van der Waals surface area contributed by atoms with Crippen molar-refractivity contribution >= 4 is 11.8 Å². The van der Waals surface area contributed by atoms with Crippen LogP contribution < -0.4 is 10.1 Å². The van der Waals surface area contributed by atoms with Crippen LogP contribution in [0.2, 0.25) is 0 Å². The van der Waals surface area contributed by atoms with Gasteiger partial charge >= 0.3 is 0 Å². The Hall–Kier alpha value is -2.89. The molecule has 2 fully saturated rings. The lowest BCUT2D eigenvalue weighted by molar-refractivity contribution is 0.0632. The Bertz CT molecular complexity index is 942. The van der Waals surface area contributed by atoms with Crippen LogP contribution in [0.1, 0.15) is 52.0 Å². The number of carbonyl (C=O) groups is 2. The third-order valence-corrected chi connectivity index (χ3v) is 5.72. The molecule has 0 bridgehead atoms. The molecule has 30 heavy (non-hydrogen) atoms. The smallest absolute Gasteiger partial charge is 0.253 e. The predicted molar refractivity (Wildman–Crippen MR) is 112 cm³/mol. The van der Waals surface area contributed by atoms with E-state index in [0.29, 0.717) is 48.2 Å². The molecular formula is C24H27FN2O3. The lowest BCUT2D eigenvalue weighted by atomic mass is 9.98. The van der Waals surface area contributed by atoms with E-state index in [9.17, 15) is 14.0 Å². The van der Waals surface area contributed by atoms with Gasteiger partial charge in [0.25, 0.3) is 11.8 Å². The van der Waals surface area contributed by atoms with Gasteiger partial charge in [-0.3, -0.25) is 9.59 Å². The standard InChI is InChI=1S/C24H27FN2O3/c1-16-7-8-19(13-22(16)25)24(29)27-11-3-4-17(14-27)15-30-21-6-2-5-18(12-21)23(28)26-20-9-10-20/h2,5-8,12-13,17,20H,3-4,9-11,14-15H2,1H3,(H,26,28). The molecule has 0 spiro atoms. The first-order chi connectivity index (χ1) is 14.5. The molecule has 5 nitrogen and oxygen atoms in total. The number of amides is 2. The van der Waals surface area contributed by atoms with Gasteiger partial charge in [-0.15, -0.1) is 0 Å². The van der Waals surface area contributed by atoms with Crippen molar-refractivity contribution < 1.29 is 18.7 Å². The molecule has 1 heterocycles. The van der Waals surface area contributed by atoms with Crippen molar-refractivity contribution in [2.24, 2.45) is 5.92 Å².